The zero-order valence-corrected chi connectivity index (χ0v) is 13.4. The first-order valence-electron chi connectivity index (χ1n) is 6.89. The van der Waals surface area contributed by atoms with E-state index in [0.29, 0.717) is 32.9 Å². The van der Waals surface area contributed by atoms with Crippen LogP contribution in [0.4, 0.5) is 0 Å². The number of nitrogens with two attached hydrogens (primary N) is 1. The van der Waals surface area contributed by atoms with Gasteiger partial charge in [-0.15, -0.1) is 11.3 Å². The van der Waals surface area contributed by atoms with E-state index < -0.39 is 5.97 Å². The highest BCUT2D eigenvalue weighted by Gasteiger charge is 2.15. The van der Waals surface area contributed by atoms with Gasteiger partial charge in [0, 0.05) is 17.1 Å². The summed E-state index contributed by atoms with van der Waals surface area (Å²) >= 11 is 1.39. The molecule has 0 bridgehead atoms. The van der Waals surface area contributed by atoms with E-state index >= 15 is 0 Å². The van der Waals surface area contributed by atoms with Crippen LogP contribution in [0.25, 0.3) is 21.5 Å². The minimum Gasteiger partial charge on any atom is -0.463 e. The number of hydrogen-bond acceptors (Lipinski definition) is 7. The normalized spacial score (nSPS) is 10.9. The summed E-state index contributed by atoms with van der Waals surface area (Å²) in [5.74, 6) is -0.257. The molecule has 0 unspecified atom stereocenters. The third-order valence-corrected chi connectivity index (χ3v) is 4.29. The SMILES string of the molecule is Cc1csc(-c2coc3cc(OC(=O)CN)cc(C)c3c2=O)n1. The lowest BCUT2D eigenvalue weighted by Crippen LogP contribution is -2.19. The van der Waals surface area contributed by atoms with E-state index in [0.717, 1.165) is 5.69 Å². The summed E-state index contributed by atoms with van der Waals surface area (Å²) in [5.41, 5.74) is 7.36. The highest BCUT2D eigenvalue weighted by Crippen LogP contribution is 2.27. The molecule has 6 nitrogen and oxygen atoms in total. The summed E-state index contributed by atoms with van der Waals surface area (Å²) in [6, 6.07) is 3.12. The molecule has 3 aromatic rings. The highest BCUT2D eigenvalue weighted by molar-refractivity contribution is 7.13. The molecule has 118 valence electrons. The molecular formula is C16H14N2O4S. The van der Waals surface area contributed by atoms with Crippen LogP contribution in [0.2, 0.25) is 0 Å². The van der Waals surface area contributed by atoms with Gasteiger partial charge in [-0.25, -0.2) is 4.98 Å². The molecule has 0 aliphatic rings. The molecular weight excluding hydrogens is 316 g/mol. The fourth-order valence-electron chi connectivity index (χ4n) is 2.27. The number of esters is 1. The second-order valence-electron chi connectivity index (χ2n) is 5.06. The maximum Gasteiger partial charge on any atom is 0.325 e. The lowest BCUT2D eigenvalue weighted by molar-refractivity contribution is -0.132. The van der Waals surface area contributed by atoms with Crippen LogP contribution in [-0.4, -0.2) is 17.5 Å². The lowest BCUT2D eigenvalue weighted by Gasteiger charge is -2.07. The standard InChI is InChI=1S/C16H14N2O4S/c1-8-3-10(22-13(19)5-17)4-12-14(8)15(20)11(6-21-12)16-18-9(2)7-23-16/h3-4,6-7H,5,17H2,1-2H3. The minimum atomic E-state index is -0.555. The fourth-order valence-corrected chi connectivity index (χ4v) is 3.07. The van der Waals surface area contributed by atoms with Crippen molar-refractivity contribution in [3.05, 3.63) is 45.3 Å². The summed E-state index contributed by atoms with van der Waals surface area (Å²) in [5, 5.41) is 2.94. The average molecular weight is 330 g/mol. The molecule has 23 heavy (non-hydrogen) atoms. The number of thiazole rings is 1. The summed E-state index contributed by atoms with van der Waals surface area (Å²) in [6.07, 6.45) is 1.39. The van der Waals surface area contributed by atoms with Crippen LogP contribution >= 0.6 is 11.3 Å². The summed E-state index contributed by atoms with van der Waals surface area (Å²) < 4.78 is 10.6. The number of rotatable bonds is 3. The quantitative estimate of drug-likeness (QED) is 0.585. The van der Waals surface area contributed by atoms with E-state index in [-0.39, 0.29) is 12.0 Å². The molecule has 0 atom stereocenters. The van der Waals surface area contributed by atoms with Crippen molar-refractivity contribution in [3.63, 3.8) is 0 Å². The largest absolute Gasteiger partial charge is 0.463 e. The molecule has 0 radical (unpaired) electrons. The molecule has 0 aliphatic heterocycles. The zero-order chi connectivity index (χ0) is 16.6. The number of aryl methyl sites for hydroxylation is 2. The Bertz CT molecular complexity index is 958. The Morgan fingerprint density at radius 2 is 2.17 bits per heavy atom. The average Bonchev–Trinajstić information content (AvgIpc) is 2.93. The van der Waals surface area contributed by atoms with Gasteiger partial charge in [-0.1, -0.05) is 0 Å². The number of fused-ring (bicyclic) bond motifs is 1. The van der Waals surface area contributed by atoms with Gasteiger partial charge in [0.05, 0.1) is 17.5 Å². The molecule has 0 fully saturated rings. The zero-order valence-electron chi connectivity index (χ0n) is 12.6. The third-order valence-electron chi connectivity index (χ3n) is 3.30. The Morgan fingerprint density at radius 3 is 2.83 bits per heavy atom. The molecule has 3 rings (SSSR count). The van der Waals surface area contributed by atoms with Crippen LogP contribution in [0.15, 0.2) is 33.0 Å². The number of aromatic nitrogens is 1. The van der Waals surface area contributed by atoms with Crippen molar-refractivity contribution >= 4 is 28.3 Å². The number of carbonyl (C=O) groups excluding carboxylic acids is 1. The second-order valence-corrected chi connectivity index (χ2v) is 5.92. The van der Waals surface area contributed by atoms with E-state index in [9.17, 15) is 9.59 Å². The van der Waals surface area contributed by atoms with Crippen LogP contribution in [0, 0.1) is 13.8 Å². The number of hydrogen-bond donors (Lipinski definition) is 1. The van der Waals surface area contributed by atoms with Crippen LogP contribution in [0.3, 0.4) is 0 Å². The molecule has 0 spiro atoms. The van der Waals surface area contributed by atoms with Gasteiger partial charge in [-0.2, -0.15) is 0 Å². The molecule has 2 N–H and O–H groups in total. The van der Waals surface area contributed by atoms with Crippen molar-refractivity contribution in [2.24, 2.45) is 5.73 Å². The lowest BCUT2D eigenvalue weighted by atomic mass is 10.1. The second kappa shape index (κ2) is 5.94. The van der Waals surface area contributed by atoms with Crippen molar-refractivity contribution in [3.8, 4) is 16.3 Å². The van der Waals surface area contributed by atoms with Gasteiger partial charge in [0.2, 0.25) is 5.43 Å². The van der Waals surface area contributed by atoms with Gasteiger partial charge in [0.25, 0.3) is 0 Å². The van der Waals surface area contributed by atoms with Crippen LogP contribution in [-0.2, 0) is 4.79 Å². The van der Waals surface area contributed by atoms with Crippen LogP contribution in [0.5, 0.6) is 5.75 Å². The van der Waals surface area contributed by atoms with Crippen LogP contribution < -0.4 is 15.9 Å². The molecule has 1 aromatic carbocycles. The first-order chi connectivity index (χ1) is 11.0. The topological polar surface area (TPSA) is 95.4 Å². The Balaban J connectivity index is 2.15. The van der Waals surface area contributed by atoms with Crippen molar-refractivity contribution in [1.82, 2.24) is 4.98 Å². The van der Waals surface area contributed by atoms with Gasteiger partial charge in [-0.3, -0.25) is 9.59 Å². The molecule has 7 heteroatoms. The molecule has 2 aromatic heterocycles. The third kappa shape index (κ3) is 2.88. The van der Waals surface area contributed by atoms with Crippen molar-refractivity contribution in [1.29, 1.82) is 0 Å². The molecule has 2 heterocycles. The monoisotopic (exact) mass is 330 g/mol. The first-order valence-corrected chi connectivity index (χ1v) is 7.77. The van der Waals surface area contributed by atoms with E-state index in [1.165, 1.54) is 23.7 Å². The molecule has 0 amide bonds. The summed E-state index contributed by atoms with van der Waals surface area (Å²) in [7, 11) is 0. The van der Waals surface area contributed by atoms with Gasteiger partial charge in [0.15, 0.2) is 0 Å². The maximum absolute atomic E-state index is 12.7. The van der Waals surface area contributed by atoms with Crippen molar-refractivity contribution < 1.29 is 13.9 Å². The summed E-state index contributed by atoms with van der Waals surface area (Å²) in [4.78, 5) is 28.3. The smallest absolute Gasteiger partial charge is 0.325 e. The first kappa shape index (κ1) is 15.4. The van der Waals surface area contributed by atoms with Crippen molar-refractivity contribution in [2.75, 3.05) is 6.54 Å². The number of nitrogens with zero attached hydrogens (tertiary/aromatic N) is 1. The Kier molecular flexibility index (Phi) is 3.97. The predicted molar refractivity (Wildman–Crippen MR) is 87.8 cm³/mol. The molecule has 0 aliphatic carbocycles. The van der Waals surface area contributed by atoms with E-state index in [4.69, 9.17) is 14.9 Å². The summed E-state index contributed by atoms with van der Waals surface area (Å²) in [6.45, 7) is 3.41. The molecule has 0 saturated carbocycles. The van der Waals surface area contributed by atoms with E-state index in [1.807, 2.05) is 12.3 Å². The number of benzene rings is 1. The minimum absolute atomic E-state index is 0.158. The number of carbonyl (C=O) groups is 1. The fraction of sp³-hybridized carbons (Fsp3) is 0.188. The van der Waals surface area contributed by atoms with Crippen LogP contribution in [0.1, 0.15) is 11.3 Å². The Morgan fingerprint density at radius 1 is 1.39 bits per heavy atom. The van der Waals surface area contributed by atoms with Gasteiger partial charge < -0.3 is 14.9 Å². The van der Waals surface area contributed by atoms with E-state index in [2.05, 4.69) is 4.98 Å². The van der Waals surface area contributed by atoms with Gasteiger partial charge in [0.1, 0.15) is 22.6 Å². The van der Waals surface area contributed by atoms with Gasteiger partial charge >= 0.3 is 5.97 Å². The maximum atomic E-state index is 12.7. The Hall–Kier alpha value is -2.51. The highest BCUT2D eigenvalue weighted by atomic mass is 32.1. The van der Waals surface area contributed by atoms with Crippen molar-refractivity contribution in [2.45, 2.75) is 13.8 Å². The predicted octanol–water partition coefficient (Wildman–Crippen LogP) is 2.40. The van der Waals surface area contributed by atoms with Gasteiger partial charge in [-0.05, 0) is 25.5 Å². The number of ether oxygens (including phenoxy) is 1. The molecule has 0 saturated heterocycles. The van der Waals surface area contributed by atoms with E-state index in [1.54, 1.807) is 13.0 Å². The Labute approximate surface area is 135 Å².